The first-order valence-electron chi connectivity index (χ1n) is 7.05. The summed E-state index contributed by atoms with van der Waals surface area (Å²) in [5.74, 6) is -0.603. The molecule has 0 aliphatic carbocycles. The van der Waals surface area contributed by atoms with E-state index in [0.29, 0.717) is 6.54 Å². The van der Waals surface area contributed by atoms with Gasteiger partial charge in [-0.15, -0.1) is 12.4 Å². The first-order valence-corrected chi connectivity index (χ1v) is 8.91. The number of ether oxygens (including phenoxy) is 1. The average Bonchev–Trinajstić information content (AvgIpc) is 2.53. The first kappa shape index (κ1) is 20.2. The van der Waals surface area contributed by atoms with Crippen LogP contribution in [0.3, 0.4) is 0 Å². The SMILES string of the molecule is COC(=O)c1ccc(S(=O)(=O)NCC2CCCCN2)cc1Cl.Cl. The smallest absolute Gasteiger partial charge is 0.339 e. The maximum absolute atomic E-state index is 12.3. The third kappa shape index (κ3) is 5.32. The molecule has 0 amide bonds. The zero-order valence-corrected chi connectivity index (χ0v) is 15.1. The van der Waals surface area contributed by atoms with Crippen LogP contribution in [-0.4, -0.2) is 40.6 Å². The maximum atomic E-state index is 12.3. The zero-order valence-electron chi connectivity index (χ0n) is 12.7. The van der Waals surface area contributed by atoms with Crippen LogP contribution in [0.15, 0.2) is 23.1 Å². The molecule has 0 spiro atoms. The molecule has 23 heavy (non-hydrogen) atoms. The lowest BCUT2D eigenvalue weighted by molar-refractivity contribution is 0.0601. The molecule has 1 atom stereocenters. The molecule has 1 saturated heterocycles. The lowest BCUT2D eigenvalue weighted by atomic mass is 10.1. The second-order valence-corrected chi connectivity index (χ2v) is 7.31. The van der Waals surface area contributed by atoms with Gasteiger partial charge in [0, 0.05) is 12.6 Å². The minimum atomic E-state index is -3.66. The number of benzene rings is 1. The van der Waals surface area contributed by atoms with Gasteiger partial charge in [-0.1, -0.05) is 18.0 Å². The summed E-state index contributed by atoms with van der Waals surface area (Å²) in [7, 11) is -2.42. The van der Waals surface area contributed by atoms with E-state index in [-0.39, 0.29) is 33.9 Å². The van der Waals surface area contributed by atoms with E-state index in [0.717, 1.165) is 25.8 Å². The number of carbonyl (C=O) groups is 1. The van der Waals surface area contributed by atoms with Crippen LogP contribution < -0.4 is 10.0 Å². The Morgan fingerprint density at radius 2 is 2.17 bits per heavy atom. The van der Waals surface area contributed by atoms with Gasteiger partial charge in [0.15, 0.2) is 0 Å². The van der Waals surface area contributed by atoms with E-state index in [4.69, 9.17) is 11.6 Å². The van der Waals surface area contributed by atoms with Crippen molar-refractivity contribution in [1.82, 2.24) is 10.0 Å². The van der Waals surface area contributed by atoms with Gasteiger partial charge < -0.3 is 10.1 Å². The first-order chi connectivity index (χ1) is 10.4. The molecule has 2 N–H and O–H groups in total. The molecule has 6 nitrogen and oxygen atoms in total. The summed E-state index contributed by atoms with van der Waals surface area (Å²) in [4.78, 5) is 11.5. The molecular formula is C14H20Cl2N2O4S. The zero-order chi connectivity index (χ0) is 16.2. The number of hydrogen-bond acceptors (Lipinski definition) is 5. The fraction of sp³-hybridized carbons (Fsp3) is 0.500. The number of rotatable bonds is 5. The highest BCUT2D eigenvalue weighted by Gasteiger charge is 2.20. The van der Waals surface area contributed by atoms with Crippen molar-refractivity contribution < 1.29 is 17.9 Å². The number of esters is 1. The third-order valence-electron chi connectivity index (χ3n) is 3.59. The second-order valence-electron chi connectivity index (χ2n) is 5.13. The van der Waals surface area contributed by atoms with Crippen LogP contribution >= 0.6 is 24.0 Å². The Hall–Kier alpha value is -0.860. The molecule has 1 aliphatic rings. The highest BCUT2D eigenvalue weighted by atomic mass is 35.5. The van der Waals surface area contributed by atoms with Crippen molar-refractivity contribution in [2.75, 3.05) is 20.2 Å². The van der Waals surface area contributed by atoms with E-state index in [1.54, 1.807) is 0 Å². The maximum Gasteiger partial charge on any atom is 0.339 e. The van der Waals surface area contributed by atoms with Crippen LogP contribution in [0.1, 0.15) is 29.6 Å². The van der Waals surface area contributed by atoms with Crippen molar-refractivity contribution >= 4 is 40.0 Å². The second kappa shape index (κ2) is 8.84. The van der Waals surface area contributed by atoms with Gasteiger partial charge in [0.25, 0.3) is 0 Å². The molecule has 0 saturated carbocycles. The number of halogens is 2. The van der Waals surface area contributed by atoms with Gasteiger partial charge in [-0.05, 0) is 37.6 Å². The molecule has 0 bridgehead atoms. The van der Waals surface area contributed by atoms with Crippen LogP contribution in [-0.2, 0) is 14.8 Å². The van der Waals surface area contributed by atoms with Crippen molar-refractivity contribution in [1.29, 1.82) is 0 Å². The highest BCUT2D eigenvalue weighted by Crippen LogP contribution is 2.21. The molecule has 9 heteroatoms. The van der Waals surface area contributed by atoms with E-state index in [1.165, 1.54) is 25.3 Å². The summed E-state index contributed by atoms with van der Waals surface area (Å²) in [5.41, 5.74) is 0.136. The van der Waals surface area contributed by atoms with E-state index >= 15 is 0 Å². The quantitative estimate of drug-likeness (QED) is 0.760. The normalized spacial score (nSPS) is 18.1. The largest absolute Gasteiger partial charge is 0.465 e. The highest BCUT2D eigenvalue weighted by molar-refractivity contribution is 7.89. The van der Waals surface area contributed by atoms with Crippen LogP contribution in [0.5, 0.6) is 0 Å². The van der Waals surface area contributed by atoms with Crippen LogP contribution in [0.4, 0.5) is 0 Å². The van der Waals surface area contributed by atoms with Crippen molar-refractivity contribution in [2.24, 2.45) is 0 Å². The Morgan fingerprint density at radius 3 is 2.74 bits per heavy atom. The van der Waals surface area contributed by atoms with Gasteiger partial charge >= 0.3 is 5.97 Å². The summed E-state index contributed by atoms with van der Waals surface area (Å²) in [6, 6.07) is 4.09. The monoisotopic (exact) mass is 382 g/mol. The lowest BCUT2D eigenvalue weighted by Gasteiger charge is -2.23. The summed E-state index contributed by atoms with van der Waals surface area (Å²) in [6.45, 7) is 1.24. The fourth-order valence-corrected chi connectivity index (χ4v) is 3.76. The van der Waals surface area contributed by atoms with Gasteiger partial charge in [0.1, 0.15) is 0 Å². The van der Waals surface area contributed by atoms with Crippen molar-refractivity contribution in [3.63, 3.8) is 0 Å². The minimum Gasteiger partial charge on any atom is -0.465 e. The van der Waals surface area contributed by atoms with Gasteiger partial charge in [-0.25, -0.2) is 17.9 Å². The predicted octanol–water partition coefficient (Wildman–Crippen LogP) is 1.97. The molecule has 1 aromatic rings. The number of nitrogens with one attached hydrogen (secondary N) is 2. The Morgan fingerprint density at radius 1 is 1.43 bits per heavy atom. The predicted molar refractivity (Wildman–Crippen MR) is 90.9 cm³/mol. The van der Waals surface area contributed by atoms with Gasteiger partial charge in [0.05, 0.1) is 22.6 Å². The average molecular weight is 383 g/mol. The summed E-state index contributed by atoms with van der Waals surface area (Å²) < 4.78 is 31.7. The molecular weight excluding hydrogens is 363 g/mol. The van der Waals surface area contributed by atoms with Crippen LogP contribution in [0.2, 0.25) is 5.02 Å². The Kier molecular flexibility index (Phi) is 7.76. The van der Waals surface area contributed by atoms with Crippen LogP contribution in [0.25, 0.3) is 0 Å². The molecule has 1 heterocycles. The minimum absolute atomic E-state index is 0. The number of methoxy groups -OCH3 is 1. The molecule has 1 fully saturated rings. The Bertz CT molecular complexity index is 646. The van der Waals surface area contributed by atoms with Gasteiger partial charge in [0.2, 0.25) is 10.0 Å². The lowest BCUT2D eigenvalue weighted by Crippen LogP contribution is -2.43. The molecule has 2 rings (SSSR count). The van der Waals surface area contributed by atoms with Gasteiger partial charge in [-0.3, -0.25) is 0 Å². The molecule has 1 aromatic carbocycles. The molecule has 0 radical (unpaired) electrons. The summed E-state index contributed by atoms with van der Waals surface area (Å²) in [5, 5.41) is 3.32. The third-order valence-corrected chi connectivity index (χ3v) is 5.32. The van der Waals surface area contributed by atoms with E-state index in [9.17, 15) is 13.2 Å². The van der Waals surface area contributed by atoms with E-state index in [2.05, 4.69) is 14.8 Å². The van der Waals surface area contributed by atoms with Gasteiger partial charge in [-0.2, -0.15) is 0 Å². The number of piperidine rings is 1. The van der Waals surface area contributed by atoms with Crippen molar-refractivity contribution in [2.45, 2.75) is 30.2 Å². The number of carbonyl (C=O) groups excluding carboxylic acids is 1. The van der Waals surface area contributed by atoms with Crippen LogP contribution in [0, 0.1) is 0 Å². The Balaban J connectivity index is 0.00000264. The topological polar surface area (TPSA) is 84.5 Å². The number of hydrogen-bond donors (Lipinski definition) is 2. The standard InChI is InChI=1S/C14H19ClN2O4S.ClH/c1-21-14(18)12-6-5-11(8-13(12)15)22(19,20)17-9-10-4-2-3-7-16-10;/h5-6,8,10,16-17H,2-4,7,9H2,1H3;1H. The summed E-state index contributed by atoms with van der Waals surface area (Å²) >= 11 is 5.95. The van der Waals surface area contributed by atoms with Crippen molar-refractivity contribution in [3.8, 4) is 0 Å². The number of sulfonamides is 1. The Labute approximate surface area is 147 Å². The van der Waals surface area contributed by atoms with E-state index < -0.39 is 16.0 Å². The fourth-order valence-electron chi connectivity index (χ4n) is 2.33. The summed E-state index contributed by atoms with van der Waals surface area (Å²) in [6.07, 6.45) is 3.16. The molecule has 1 unspecified atom stereocenters. The van der Waals surface area contributed by atoms with E-state index in [1.807, 2.05) is 0 Å². The molecule has 0 aromatic heterocycles. The molecule has 1 aliphatic heterocycles. The van der Waals surface area contributed by atoms with Crippen molar-refractivity contribution in [3.05, 3.63) is 28.8 Å². The molecule has 130 valence electrons.